The summed E-state index contributed by atoms with van der Waals surface area (Å²) in [5.41, 5.74) is 8.08. The number of hydrogen-bond donors (Lipinski definition) is 0. The maximum Gasteiger partial charge on any atom is 0.143 e. The number of benzene rings is 6. The minimum absolute atomic E-state index is 0. The van der Waals surface area contributed by atoms with Crippen molar-refractivity contribution in [1.82, 2.24) is 13.8 Å². The van der Waals surface area contributed by atoms with E-state index in [0.717, 1.165) is 60.5 Å². The number of rotatable bonds is 3. The zero-order valence-electron chi connectivity index (χ0n) is 29.2. The predicted molar refractivity (Wildman–Crippen MR) is 199 cm³/mol. The van der Waals surface area contributed by atoms with E-state index in [1.54, 1.807) is 12.7 Å². The third kappa shape index (κ3) is 3.97. The van der Waals surface area contributed by atoms with E-state index >= 15 is 0 Å². The van der Waals surface area contributed by atoms with Crippen molar-refractivity contribution in [3.05, 3.63) is 152 Å². The molecule has 1 aliphatic heterocycles. The van der Waals surface area contributed by atoms with Crippen molar-refractivity contribution in [2.75, 3.05) is 16.8 Å². The molecule has 242 valence electrons. The Morgan fingerprint density at radius 2 is 1.30 bits per heavy atom. The van der Waals surface area contributed by atoms with Crippen LogP contribution >= 0.6 is 0 Å². The monoisotopic (exact) mass is 826 g/mol. The molecule has 0 N–H and O–H groups in total. The van der Waals surface area contributed by atoms with Gasteiger partial charge >= 0.3 is 0 Å². The Balaban J connectivity index is 0.00000349. The number of fused-ring (bicyclic) bond motifs is 11. The number of hydrogen-bond acceptors (Lipinski definition) is 4. The van der Waals surface area contributed by atoms with Crippen LogP contribution in [0.2, 0.25) is 0 Å². The molecule has 4 aromatic heterocycles. The predicted octanol–water partition coefficient (Wildman–Crippen LogP) is 10.5. The summed E-state index contributed by atoms with van der Waals surface area (Å²) >= 11 is 0. The molecule has 7 heteroatoms. The number of anilines is 3. The summed E-state index contributed by atoms with van der Waals surface area (Å²) < 4.78 is 35.3. The quantitative estimate of drug-likeness (QED) is 0.166. The average molecular weight is 827 g/mol. The molecular formula is C43H26N5OPt-3. The van der Waals surface area contributed by atoms with E-state index in [0.29, 0.717) is 22.9 Å². The maximum absolute atomic E-state index is 8.08. The third-order valence-corrected chi connectivity index (χ3v) is 9.74. The molecule has 0 radical (unpaired) electrons. The summed E-state index contributed by atoms with van der Waals surface area (Å²) in [6, 6.07) is 49.8. The van der Waals surface area contributed by atoms with Gasteiger partial charge in [-0.05, 0) is 48.8 Å². The van der Waals surface area contributed by atoms with Crippen molar-refractivity contribution in [3.8, 4) is 11.5 Å². The summed E-state index contributed by atoms with van der Waals surface area (Å²) in [5, 5.41) is 6.66. The van der Waals surface area contributed by atoms with Crippen LogP contribution in [0.15, 0.2) is 134 Å². The van der Waals surface area contributed by atoms with Crippen LogP contribution in [0.1, 0.15) is 4.11 Å². The number of aromatic nitrogens is 3. The van der Waals surface area contributed by atoms with Crippen LogP contribution in [-0.2, 0) is 21.1 Å². The largest absolute Gasteiger partial charge is 0.509 e. The number of ether oxygens (including phenoxy) is 1. The molecule has 0 atom stereocenters. The molecule has 6 aromatic carbocycles. The van der Waals surface area contributed by atoms with Gasteiger partial charge in [-0.3, -0.25) is 0 Å². The van der Waals surface area contributed by atoms with Crippen molar-refractivity contribution in [2.45, 2.75) is 0 Å². The molecule has 1 aliphatic rings. The Kier molecular flexibility index (Phi) is 5.65. The molecule has 10 aromatic rings. The molecule has 0 saturated carbocycles. The SMILES string of the molecule is [2H]C([2H])([2H])N1[CH-]N(c2[c-]c(Oc3[c-]c4c(cc3)c3cccc5c3n4c3ncccc3c3cccc4c6ccccc6n5c43)ccc2)c2ccccc21.[Pt]. The number of nitrogens with zero attached hydrogens (tertiary/aromatic N) is 5. The van der Waals surface area contributed by atoms with Gasteiger partial charge in [-0.2, -0.15) is 18.8 Å². The van der Waals surface area contributed by atoms with E-state index in [4.69, 9.17) is 13.8 Å². The zero-order valence-corrected chi connectivity index (χ0v) is 28.5. The first-order valence-electron chi connectivity index (χ1n) is 17.6. The molecule has 0 fully saturated rings. The van der Waals surface area contributed by atoms with Crippen LogP contribution in [0.3, 0.4) is 0 Å². The van der Waals surface area contributed by atoms with Crippen LogP contribution in [0.25, 0.3) is 65.5 Å². The third-order valence-electron chi connectivity index (χ3n) is 9.74. The van der Waals surface area contributed by atoms with Crippen molar-refractivity contribution >= 4 is 82.6 Å². The van der Waals surface area contributed by atoms with Crippen molar-refractivity contribution in [3.63, 3.8) is 0 Å². The second kappa shape index (κ2) is 10.8. The van der Waals surface area contributed by atoms with Gasteiger partial charge in [0.25, 0.3) is 0 Å². The summed E-state index contributed by atoms with van der Waals surface area (Å²) in [4.78, 5) is 8.15. The molecular weight excluding hydrogens is 798 g/mol. The van der Waals surface area contributed by atoms with Crippen LogP contribution in [0.4, 0.5) is 17.1 Å². The molecule has 0 bridgehead atoms. The summed E-state index contributed by atoms with van der Waals surface area (Å²) in [7, 11) is 0. The first-order valence-corrected chi connectivity index (χ1v) is 16.1. The maximum atomic E-state index is 8.08. The van der Waals surface area contributed by atoms with Crippen molar-refractivity contribution < 1.29 is 29.9 Å². The molecule has 0 spiro atoms. The van der Waals surface area contributed by atoms with Gasteiger partial charge < -0.3 is 23.3 Å². The summed E-state index contributed by atoms with van der Waals surface area (Å²) in [5.74, 6) is 0.995. The molecule has 0 amide bonds. The minimum atomic E-state index is -2.34. The van der Waals surface area contributed by atoms with Gasteiger partial charge in [-0.25, -0.2) is 4.98 Å². The van der Waals surface area contributed by atoms with E-state index in [-0.39, 0.29) is 21.1 Å². The number of para-hydroxylation sites is 5. The Morgan fingerprint density at radius 3 is 2.20 bits per heavy atom. The van der Waals surface area contributed by atoms with Gasteiger partial charge in [-0.1, -0.05) is 66.2 Å². The topological polar surface area (TPSA) is 37.4 Å². The van der Waals surface area contributed by atoms with E-state index in [2.05, 4.69) is 93.7 Å². The average Bonchev–Trinajstić information content (AvgIpc) is 3.83. The van der Waals surface area contributed by atoms with Crippen molar-refractivity contribution in [2.24, 2.45) is 0 Å². The van der Waals surface area contributed by atoms with Crippen LogP contribution in [-0.4, -0.2) is 20.8 Å². The normalized spacial score (nSPS) is 14.1. The Bertz CT molecular complexity index is 3120. The van der Waals surface area contributed by atoms with Gasteiger partial charge in [0.05, 0.1) is 22.1 Å². The molecule has 0 unspecified atom stereocenters. The van der Waals surface area contributed by atoms with Gasteiger partial charge in [0.1, 0.15) is 5.65 Å². The van der Waals surface area contributed by atoms with Gasteiger partial charge in [-0.15, -0.1) is 41.4 Å². The molecule has 5 heterocycles. The van der Waals surface area contributed by atoms with Gasteiger partial charge in [0.15, 0.2) is 0 Å². The first kappa shape index (κ1) is 26.1. The van der Waals surface area contributed by atoms with Gasteiger partial charge in [0.2, 0.25) is 0 Å². The van der Waals surface area contributed by atoms with Crippen LogP contribution in [0, 0.1) is 18.8 Å². The standard InChI is InChI=1S/C43H26N5O.Pt/c1-45-26-46(38-19-5-4-18-37(38)45)27-10-6-11-28(24-27)49-29-21-22-31-33-15-8-20-39-42(33)48(40(31)25-29)43-35(16-9-23-44-43)34-14-7-13-32-30-12-2-3-17-36(30)47(39)41(32)34;/h2-23,26H,1H3;/q-3;/i1D3;. The Hall–Kier alpha value is -5.84. The Morgan fingerprint density at radius 1 is 0.600 bits per heavy atom. The Labute approximate surface area is 305 Å². The summed E-state index contributed by atoms with van der Waals surface area (Å²) in [6.07, 6.45) is 1.85. The van der Waals surface area contributed by atoms with Crippen LogP contribution < -0.4 is 14.5 Å². The molecule has 50 heavy (non-hydrogen) atoms. The van der Waals surface area contributed by atoms with Crippen molar-refractivity contribution in [1.29, 1.82) is 0 Å². The smallest absolute Gasteiger partial charge is 0.143 e. The molecule has 0 saturated heterocycles. The van der Waals surface area contributed by atoms with Crippen LogP contribution in [0.5, 0.6) is 11.5 Å². The fraction of sp³-hybridized carbons (Fsp3) is 0.0233. The van der Waals surface area contributed by atoms with E-state index in [9.17, 15) is 0 Å². The number of pyridine rings is 1. The zero-order chi connectivity index (χ0) is 34.7. The molecule has 11 rings (SSSR count). The fourth-order valence-corrected chi connectivity index (χ4v) is 7.73. The fourth-order valence-electron chi connectivity index (χ4n) is 7.73. The first-order chi connectivity index (χ1) is 25.4. The second-order valence-electron chi connectivity index (χ2n) is 12.4. The molecule has 0 aliphatic carbocycles. The van der Waals surface area contributed by atoms with E-state index in [1.165, 1.54) is 15.7 Å². The van der Waals surface area contributed by atoms with Gasteiger partial charge in [0, 0.05) is 75.8 Å². The van der Waals surface area contributed by atoms with E-state index in [1.807, 2.05) is 59.6 Å². The minimum Gasteiger partial charge on any atom is -0.509 e. The molecule has 6 nitrogen and oxygen atoms in total. The van der Waals surface area contributed by atoms with E-state index < -0.39 is 6.98 Å². The second-order valence-corrected chi connectivity index (χ2v) is 12.4. The summed E-state index contributed by atoms with van der Waals surface area (Å²) in [6.45, 7) is -0.742.